The van der Waals surface area contributed by atoms with Gasteiger partial charge in [0.2, 0.25) is 5.95 Å². The maximum Gasteiger partial charge on any atom is 0.227 e. The average Bonchev–Trinajstić information content (AvgIpc) is 3.22. The van der Waals surface area contributed by atoms with Crippen molar-refractivity contribution in [3.05, 3.63) is 29.7 Å². The zero-order valence-corrected chi connectivity index (χ0v) is 19.1. The Kier molecular flexibility index (Phi) is 5.28. The summed E-state index contributed by atoms with van der Waals surface area (Å²) >= 11 is 0. The number of imidazole rings is 1. The van der Waals surface area contributed by atoms with E-state index in [1.165, 1.54) is 12.8 Å². The summed E-state index contributed by atoms with van der Waals surface area (Å²) in [5.74, 6) is 1.78. The van der Waals surface area contributed by atoms with Crippen LogP contribution in [0.25, 0.3) is 11.2 Å². The molecular formula is C24H32N6O2. The minimum Gasteiger partial charge on any atom is -0.396 e. The molecule has 8 heteroatoms. The fourth-order valence-corrected chi connectivity index (χ4v) is 5.47. The molecule has 1 atom stereocenters. The number of hydrogen-bond donors (Lipinski definition) is 3. The van der Waals surface area contributed by atoms with Crippen molar-refractivity contribution in [2.45, 2.75) is 71.4 Å². The van der Waals surface area contributed by atoms with Crippen LogP contribution in [-0.4, -0.2) is 43.1 Å². The minimum absolute atomic E-state index is 0.0315. The van der Waals surface area contributed by atoms with Crippen LogP contribution in [0.1, 0.15) is 65.3 Å². The number of ketones is 1. The molecule has 4 aliphatic carbocycles. The molecule has 8 nitrogen and oxygen atoms in total. The summed E-state index contributed by atoms with van der Waals surface area (Å²) in [6, 6.07) is 0.326. The van der Waals surface area contributed by atoms with E-state index in [9.17, 15) is 9.90 Å². The number of allylic oxidation sites excluding steroid dienone is 4. The van der Waals surface area contributed by atoms with E-state index in [-0.39, 0.29) is 29.9 Å². The third kappa shape index (κ3) is 3.60. The number of anilines is 2. The summed E-state index contributed by atoms with van der Waals surface area (Å²) in [4.78, 5) is 26.6. The Labute approximate surface area is 188 Å². The van der Waals surface area contributed by atoms with Crippen LogP contribution < -0.4 is 10.6 Å². The van der Waals surface area contributed by atoms with E-state index in [1.54, 1.807) is 6.33 Å². The van der Waals surface area contributed by atoms with Crippen molar-refractivity contribution >= 4 is 28.7 Å². The first kappa shape index (κ1) is 21.1. The molecule has 6 rings (SSSR count). The van der Waals surface area contributed by atoms with Gasteiger partial charge in [-0.15, -0.1) is 0 Å². The second-order valence-electron chi connectivity index (χ2n) is 9.97. The number of hydrogen-bond acceptors (Lipinski definition) is 7. The highest BCUT2D eigenvalue weighted by Crippen LogP contribution is 2.50. The van der Waals surface area contributed by atoms with E-state index in [0.29, 0.717) is 35.3 Å². The fraction of sp³-hybridized carbons (Fsp3) is 0.583. The third-order valence-electron chi connectivity index (χ3n) is 7.54. The standard InChI is InChI=1S/C24H32N6O2/c1-14(2)30-13-25-20-21(26-17-10-15(3)4-5-18(17)32)28-23(29-22(20)30)27-19-11-16-6-8-24(19,12-31)9-7-16/h4,10,13-14,16,19,31H,5-9,11-12H2,1-3H3,(H2,26,27,28,29)/t16?,19-,24?/m1/s1. The molecule has 0 aliphatic heterocycles. The van der Waals surface area contributed by atoms with E-state index in [2.05, 4.69) is 29.5 Å². The molecule has 170 valence electrons. The Morgan fingerprint density at radius 2 is 2.06 bits per heavy atom. The molecular weight excluding hydrogens is 404 g/mol. The predicted molar refractivity (Wildman–Crippen MR) is 124 cm³/mol. The first-order valence-corrected chi connectivity index (χ1v) is 11.7. The molecule has 2 aromatic rings. The van der Waals surface area contributed by atoms with Gasteiger partial charge in [-0.05, 0) is 64.9 Å². The van der Waals surface area contributed by atoms with Crippen molar-refractivity contribution in [1.29, 1.82) is 0 Å². The maximum absolute atomic E-state index is 12.5. The lowest BCUT2D eigenvalue weighted by Gasteiger charge is -2.51. The summed E-state index contributed by atoms with van der Waals surface area (Å²) in [7, 11) is 0. The van der Waals surface area contributed by atoms with Crippen LogP contribution in [0.2, 0.25) is 0 Å². The molecule has 32 heavy (non-hydrogen) atoms. The van der Waals surface area contributed by atoms with E-state index in [1.807, 2.05) is 23.6 Å². The van der Waals surface area contributed by atoms with Gasteiger partial charge in [0.25, 0.3) is 0 Å². The molecule has 0 saturated heterocycles. The SMILES string of the molecule is CC1=CCC(=O)C(Nc2nc(N[C@@H]3CC4CCC3(CO)CC4)nc3c2ncn3C(C)C)=C1. The van der Waals surface area contributed by atoms with Crippen molar-refractivity contribution in [2.75, 3.05) is 17.2 Å². The molecule has 2 aromatic heterocycles. The van der Waals surface area contributed by atoms with Crippen LogP contribution in [0, 0.1) is 11.3 Å². The highest BCUT2D eigenvalue weighted by Gasteiger charge is 2.47. The monoisotopic (exact) mass is 436 g/mol. The summed E-state index contributed by atoms with van der Waals surface area (Å²) in [6.45, 7) is 6.34. The smallest absolute Gasteiger partial charge is 0.227 e. The van der Waals surface area contributed by atoms with Crippen LogP contribution in [-0.2, 0) is 4.79 Å². The maximum atomic E-state index is 12.5. The first-order chi connectivity index (χ1) is 15.4. The largest absolute Gasteiger partial charge is 0.396 e. The van der Waals surface area contributed by atoms with Crippen molar-refractivity contribution in [3.63, 3.8) is 0 Å². The van der Waals surface area contributed by atoms with Gasteiger partial charge in [0, 0.05) is 23.9 Å². The van der Waals surface area contributed by atoms with E-state index >= 15 is 0 Å². The van der Waals surface area contributed by atoms with Gasteiger partial charge in [-0.25, -0.2) is 4.98 Å². The Morgan fingerprint density at radius 1 is 1.28 bits per heavy atom. The van der Waals surface area contributed by atoms with Gasteiger partial charge in [0.1, 0.15) is 0 Å². The number of nitrogens with one attached hydrogen (secondary N) is 2. The van der Waals surface area contributed by atoms with Crippen LogP contribution in [0.15, 0.2) is 29.7 Å². The lowest BCUT2D eigenvalue weighted by molar-refractivity contribution is -0.114. The second kappa shape index (κ2) is 7.99. The number of Topliss-reactive ketones (excluding diaryl/α,β-unsaturated/α-hetero) is 1. The number of aliphatic hydroxyl groups is 1. The quantitative estimate of drug-likeness (QED) is 0.629. The van der Waals surface area contributed by atoms with Gasteiger partial charge < -0.3 is 20.3 Å². The molecule has 3 N–H and O–H groups in total. The van der Waals surface area contributed by atoms with E-state index in [0.717, 1.165) is 30.5 Å². The van der Waals surface area contributed by atoms with Gasteiger partial charge in [0.05, 0.1) is 18.6 Å². The minimum atomic E-state index is -0.108. The Hall–Kier alpha value is -2.74. The zero-order valence-electron chi connectivity index (χ0n) is 19.1. The lowest BCUT2D eigenvalue weighted by Crippen LogP contribution is -2.52. The van der Waals surface area contributed by atoms with E-state index in [4.69, 9.17) is 9.97 Å². The predicted octanol–water partition coefficient (Wildman–Crippen LogP) is 3.98. The number of carbonyl (C=O) groups is 1. The first-order valence-electron chi connectivity index (χ1n) is 11.7. The zero-order chi connectivity index (χ0) is 22.5. The van der Waals surface area contributed by atoms with Crippen LogP contribution >= 0.6 is 0 Å². The van der Waals surface area contributed by atoms with Crippen molar-refractivity contribution in [3.8, 4) is 0 Å². The van der Waals surface area contributed by atoms with Gasteiger partial charge in [-0.2, -0.15) is 9.97 Å². The van der Waals surface area contributed by atoms with Crippen molar-refractivity contribution < 1.29 is 9.90 Å². The molecule has 0 amide bonds. The highest BCUT2D eigenvalue weighted by atomic mass is 16.3. The number of fused-ring (bicyclic) bond motifs is 4. The van der Waals surface area contributed by atoms with E-state index < -0.39 is 0 Å². The van der Waals surface area contributed by atoms with Crippen LogP contribution in [0.5, 0.6) is 0 Å². The van der Waals surface area contributed by atoms with Crippen LogP contribution in [0.3, 0.4) is 0 Å². The summed E-state index contributed by atoms with van der Waals surface area (Å²) in [5, 5.41) is 17.1. The van der Waals surface area contributed by atoms with Gasteiger partial charge >= 0.3 is 0 Å². The Bertz CT molecular complexity index is 1110. The molecule has 3 fully saturated rings. The van der Waals surface area contributed by atoms with Crippen molar-refractivity contribution in [1.82, 2.24) is 19.5 Å². The second-order valence-corrected chi connectivity index (χ2v) is 9.97. The Balaban J connectivity index is 1.54. The number of aliphatic hydroxyl groups excluding tert-OH is 1. The molecule has 3 saturated carbocycles. The third-order valence-corrected chi connectivity index (χ3v) is 7.54. The lowest BCUT2D eigenvalue weighted by atomic mass is 9.58. The molecule has 2 heterocycles. The van der Waals surface area contributed by atoms with Crippen molar-refractivity contribution in [2.24, 2.45) is 11.3 Å². The molecule has 2 bridgehead atoms. The normalized spacial score (nSPS) is 27.6. The Morgan fingerprint density at radius 3 is 2.78 bits per heavy atom. The summed E-state index contributed by atoms with van der Waals surface area (Å²) in [6.07, 6.45) is 11.4. The van der Waals surface area contributed by atoms with Crippen LogP contribution in [0.4, 0.5) is 11.8 Å². The molecule has 0 aromatic carbocycles. The summed E-state index contributed by atoms with van der Waals surface area (Å²) < 4.78 is 2.02. The fourth-order valence-electron chi connectivity index (χ4n) is 5.47. The molecule has 0 radical (unpaired) electrons. The average molecular weight is 437 g/mol. The molecule has 0 spiro atoms. The topological polar surface area (TPSA) is 105 Å². The van der Waals surface area contributed by atoms with Gasteiger partial charge in [-0.1, -0.05) is 11.6 Å². The summed E-state index contributed by atoms with van der Waals surface area (Å²) in [5.41, 5.74) is 2.84. The highest BCUT2D eigenvalue weighted by molar-refractivity contribution is 6.02. The molecule has 0 unspecified atom stereocenters. The number of aromatic nitrogens is 4. The number of carbonyl (C=O) groups excluding carboxylic acids is 1. The van der Waals surface area contributed by atoms with Gasteiger partial charge in [0.15, 0.2) is 22.8 Å². The molecule has 4 aliphatic rings. The van der Waals surface area contributed by atoms with Gasteiger partial charge in [-0.3, -0.25) is 4.79 Å². The number of rotatable bonds is 6. The number of nitrogens with zero attached hydrogens (tertiary/aromatic N) is 4.